The summed E-state index contributed by atoms with van der Waals surface area (Å²) in [6, 6.07) is 9.75. The molecular weight excluding hydrogens is 333 g/mol. The highest BCUT2D eigenvalue weighted by Gasteiger charge is 2.34. The number of ether oxygens (including phenoxy) is 1. The van der Waals surface area contributed by atoms with Crippen molar-refractivity contribution in [1.82, 2.24) is 15.5 Å². The van der Waals surface area contributed by atoms with Crippen LogP contribution in [-0.2, 0) is 4.74 Å². The summed E-state index contributed by atoms with van der Waals surface area (Å²) in [5.41, 5.74) is 1.05. The topological polar surface area (TPSA) is 48.9 Å². The second kappa shape index (κ2) is 9.05. The summed E-state index contributed by atoms with van der Waals surface area (Å²) in [6.45, 7) is 0.432. The zero-order valence-corrected chi connectivity index (χ0v) is 14.5. The molecule has 2 atom stereocenters. The molecule has 2 rings (SSSR count). The zero-order valence-electron chi connectivity index (χ0n) is 14.5. The first kappa shape index (κ1) is 19.5. The summed E-state index contributed by atoms with van der Waals surface area (Å²) >= 11 is 0. The number of methoxy groups -OCH3 is 1. The van der Waals surface area contributed by atoms with Gasteiger partial charge in [0.15, 0.2) is 5.96 Å². The Morgan fingerprint density at radius 3 is 2.68 bits per heavy atom. The van der Waals surface area contributed by atoms with Crippen molar-refractivity contribution in [3.05, 3.63) is 35.9 Å². The average molecular weight is 358 g/mol. The smallest absolute Gasteiger partial charge is 0.375 e. The number of hydrogen-bond acceptors (Lipinski definition) is 3. The molecule has 0 spiro atoms. The fourth-order valence-corrected chi connectivity index (χ4v) is 2.93. The number of nitrogens with one attached hydrogen (secondary N) is 2. The van der Waals surface area contributed by atoms with E-state index in [2.05, 4.69) is 15.6 Å². The summed E-state index contributed by atoms with van der Waals surface area (Å²) in [6.07, 6.45) is -3.63. The van der Waals surface area contributed by atoms with Gasteiger partial charge in [-0.3, -0.25) is 9.89 Å². The largest absolute Gasteiger partial charge is 0.401 e. The number of likely N-dealkylation sites (tertiary alicyclic amines) is 1. The molecule has 0 radical (unpaired) electrons. The van der Waals surface area contributed by atoms with Crippen LogP contribution in [-0.4, -0.2) is 63.4 Å². The molecule has 1 fully saturated rings. The molecule has 1 aliphatic heterocycles. The average Bonchev–Trinajstić information content (AvgIpc) is 3.00. The highest BCUT2D eigenvalue weighted by atomic mass is 19.4. The second-order valence-corrected chi connectivity index (χ2v) is 6.07. The van der Waals surface area contributed by atoms with Crippen molar-refractivity contribution in [3.8, 4) is 0 Å². The summed E-state index contributed by atoms with van der Waals surface area (Å²) in [5, 5.41) is 6.37. The molecule has 8 heteroatoms. The Balaban J connectivity index is 1.81. The Bertz CT molecular complexity index is 551. The van der Waals surface area contributed by atoms with Crippen molar-refractivity contribution < 1.29 is 17.9 Å². The van der Waals surface area contributed by atoms with E-state index in [9.17, 15) is 13.2 Å². The molecular formula is C17H25F3N4O. The van der Waals surface area contributed by atoms with Gasteiger partial charge in [0.2, 0.25) is 0 Å². The summed E-state index contributed by atoms with van der Waals surface area (Å²) < 4.78 is 42.9. The number of rotatable bonds is 6. The summed E-state index contributed by atoms with van der Waals surface area (Å²) in [4.78, 5) is 5.56. The SMILES string of the molecule is CN=C(NCC(OC)c1ccccc1)NC1CCN(CC(F)(F)F)C1. The van der Waals surface area contributed by atoms with Crippen molar-refractivity contribution >= 4 is 5.96 Å². The Kier molecular flexibility index (Phi) is 7.07. The van der Waals surface area contributed by atoms with Crippen LogP contribution in [0.2, 0.25) is 0 Å². The summed E-state index contributed by atoms with van der Waals surface area (Å²) in [5.74, 6) is 0.567. The molecule has 1 aliphatic rings. The zero-order chi connectivity index (χ0) is 18.3. The number of benzene rings is 1. The summed E-state index contributed by atoms with van der Waals surface area (Å²) in [7, 11) is 3.28. The Morgan fingerprint density at radius 1 is 1.36 bits per heavy atom. The minimum atomic E-state index is -4.16. The molecule has 0 bridgehead atoms. The monoisotopic (exact) mass is 358 g/mol. The van der Waals surface area contributed by atoms with Crippen molar-refractivity contribution in [2.75, 3.05) is 40.3 Å². The van der Waals surface area contributed by atoms with Crippen LogP contribution in [0.15, 0.2) is 35.3 Å². The van der Waals surface area contributed by atoms with Gasteiger partial charge < -0.3 is 15.4 Å². The molecule has 1 aromatic carbocycles. The Morgan fingerprint density at radius 2 is 2.08 bits per heavy atom. The maximum absolute atomic E-state index is 12.5. The van der Waals surface area contributed by atoms with Gasteiger partial charge in [-0.1, -0.05) is 30.3 Å². The normalized spacial score (nSPS) is 20.5. The van der Waals surface area contributed by atoms with E-state index in [0.717, 1.165) is 5.56 Å². The highest BCUT2D eigenvalue weighted by Crippen LogP contribution is 2.20. The van der Waals surface area contributed by atoms with E-state index in [0.29, 0.717) is 32.0 Å². The highest BCUT2D eigenvalue weighted by molar-refractivity contribution is 5.80. The van der Waals surface area contributed by atoms with Gasteiger partial charge in [-0.05, 0) is 12.0 Å². The third kappa shape index (κ3) is 6.55. The van der Waals surface area contributed by atoms with E-state index in [4.69, 9.17) is 4.74 Å². The minimum Gasteiger partial charge on any atom is -0.375 e. The molecule has 1 heterocycles. The minimum absolute atomic E-state index is 0.0497. The molecule has 25 heavy (non-hydrogen) atoms. The first-order valence-corrected chi connectivity index (χ1v) is 8.25. The van der Waals surface area contributed by atoms with E-state index in [1.54, 1.807) is 14.2 Å². The fraction of sp³-hybridized carbons (Fsp3) is 0.588. The standard InChI is InChI=1S/C17H25F3N4O/c1-21-16(22-10-15(25-2)13-6-4-3-5-7-13)23-14-8-9-24(11-14)12-17(18,19)20/h3-7,14-15H,8-12H2,1-2H3,(H2,21,22,23). The van der Waals surface area contributed by atoms with E-state index < -0.39 is 12.7 Å². The third-order valence-corrected chi connectivity index (χ3v) is 4.15. The Hall–Kier alpha value is -1.80. The van der Waals surface area contributed by atoms with Crippen molar-refractivity contribution in [1.29, 1.82) is 0 Å². The van der Waals surface area contributed by atoms with Crippen LogP contribution in [0.4, 0.5) is 13.2 Å². The lowest BCUT2D eigenvalue weighted by Gasteiger charge is -2.22. The molecule has 0 aliphatic carbocycles. The predicted molar refractivity (Wildman–Crippen MR) is 91.6 cm³/mol. The van der Waals surface area contributed by atoms with Crippen LogP contribution >= 0.6 is 0 Å². The lowest BCUT2D eigenvalue weighted by atomic mass is 10.1. The second-order valence-electron chi connectivity index (χ2n) is 6.07. The van der Waals surface area contributed by atoms with Gasteiger partial charge in [0, 0.05) is 39.8 Å². The number of guanidine groups is 1. The number of alkyl halides is 3. The lowest BCUT2D eigenvalue weighted by molar-refractivity contribution is -0.143. The number of hydrogen-bond donors (Lipinski definition) is 2. The van der Waals surface area contributed by atoms with Crippen LogP contribution in [0.3, 0.4) is 0 Å². The third-order valence-electron chi connectivity index (χ3n) is 4.15. The van der Waals surface area contributed by atoms with Crippen molar-refractivity contribution in [3.63, 3.8) is 0 Å². The van der Waals surface area contributed by atoms with Gasteiger partial charge in [0.1, 0.15) is 0 Å². The maximum atomic E-state index is 12.5. The number of aliphatic imine (C=N–C) groups is 1. The van der Waals surface area contributed by atoms with Crippen LogP contribution < -0.4 is 10.6 Å². The van der Waals surface area contributed by atoms with Gasteiger partial charge >= 0.3 is 6.18 Å². The van der Waals surface area contributed by atoms with E-state index >= 15 is 0 Å². The lowest BCUT2D eigenvalue weighted by Crippen LogP contribution is -2.46. The molecule has 140 valence electrons. The van der Waals surface area contributed by atoms with Crippen LogP contribution in [0.25, 0.3) is 0 Å². The van der Waals surface area contributed by atoms with Crippen molar-refractivity contribution in [2.24, 2.45) is 4.99 Å². The molecule has 1 aromatic rings. The van der Waals surface area contributed by atoms with Gasteiger partial charge in [-0.2, -0.15) is 13.2 Å². The Labute approximate surface area is 146 Å². The fourth-order valence-electron chi connectivity index (χ4n) is 2.93. The molecule has 5 nitrogen and oxygen atoms in total. The van der Waals surface area contributed by atoms with Gasteiger partial charge in [-0.25, -0.2) is 0 Å². The molecule has 0 saturated carbocycles. The molecule has 0 amide bonds. The van der Waals surface area contributed by atoms with Gasteiger partial charge in [0.05, 0.1) is 12.6 Å². The molecule has 2 N–H and O–H groups in total. The first-order valence-electron chi connectivity index (χ1n) is 8.25. The van der Waals surface area contributed by atoms with Crippen LogP contribution in [0, 0.1) is 0 Å². The number of nitrogens with zero attached hydrogens (tertiary/aromatic N) is 2. The van der Waals surface area contributed by atoms with Crippen molar-refractivity contribution in [2.45, 2.75) is 24.7 Å². The van der Waals surface area contributed by atoms with Crippen LogP contribution in [0.1, 0.15) is 18.1 Å². The molecule has 1 saturated heterocycles. The first-order chi connectivity index (χ1) is 11.9. The number of halogens is 3. The van der Waals surface area contributed by atoms with E-state index in [-0.39, 0.29) is 12.1 Å². The van der Waals surface area contributed by atoms with E-state index in [1.807, 2.05) is 30.3 Å². The quantitative estimate of drug-likeness (QED) is 0.605. The molecule has 0 aromatic heterocycles. The molecule has 2 unspecified atom stereocenters. The van der Waals surface area contributed by atoms with Gasteiger partial charge in [0.25, 0.3) is 0 Å². The van der Waals surface area contributed by atoms with Gasteiger partial charge in [-0.15, -0.1) is 0 Å². The van der Waals surface area contributed by atoms with Crippen LogP contribution in [0.5, 0.6) is 0 Å². The maximum Gasteiger partial charge on any atom is 0.401 e. The van der Waals surface area contributed by atoms with E-state index in [1.165, 1.54) is 4.90 Å². The predicted octanol–water partition coefficient (Wildman–Crippen LogP) is 2.18.